The first-order valence-corrected chi connectivity index (χ1v) is 13.0. The third-order valence-corrected chi connectivity index (χ3v) is 9.07. The molecule has 1 unspecified atom stereocenters. The number of hydrogen-bond acceptors (Lipinski definition) is 6. The van der Waals surface area contributed by atoms with Gasteiger partial charge in [0.1, 0.15) is 17.1 Å². The summed E-state index contributed by atoms with van der Waals surface area (Å²) in [7, 11) is 2.48. The molecule has 0 fully saturated rings. The molecule has 0 aliphatic heterocycles. The van der Waals surface area contributed by atoms with E-state index >= 15 is 0 Å². The summed E-state index contributed by atoms with van der Waals surface area (Å²) in [6.45, 7) is 16.3. The molecule has 0 aromatic rings. The molecule has 0 bridgehead atoms. The summed E-state index contributed by atoms with van der Waals surface area (Å²) in [5.74, 6) is 0. The van der Waals surface area contributed by atoms with Crippen LogP contribution in [0.2, 0.25) is 0 Å². The normalized spacial score (nSPS) is 15.5. The highest BCUT2D eigenvalue weighted by Gasteiger charge is 2.27. The average Bonchev–Trinajstić information content (AvgIpc) is 2.59. The zero-order chi connectivity index (χ0) is 21.2. The largest absolute Gasteiger partial charge is 0.321 e. The Morgan fingerprint density at radius 2 is 1.82 bits per heavy atom. The molecule has 0 saturated carbocycles. The zero-order valence-electron chi connectivity index (χ0n) is 18.2. The summed E-state index contributed by atoms with van der Waals surface area (Å²) in [6, 6.07) is 2.77. The molecule has 1 aliphatic carbocycles. The lowest BCUT2D eigenvalue weighted by Crippen LogP contribution is -2.33. The fourth-order valence-electron chi connectivity index (χ4n) is 2.45. The summed E-state index contributed by atoms with van der Waals surface area (Å²) in [4.78, 5) is 1.24. The Hall–Kier alpha value is -0.370. The third-order valence-electron chi connectivity index (χ3n) is 3.53. The fraction of sp³-hybridized carbons (Fsp3) is 0.667. The number of rotatable bonds is 12. The molecule has 0 spiro atoms. The maximum absolute atomic E-state index is 8.81. The van der Waals surface area contributed by atoms with E-state index in [1.54, 1.807) is 10.8 Å². The lowest BCUT2D eigenvalue weighted by molar-refractivity contribution is 0.178. The van der Waals surface area contributed by atoms with E-state index < -0.39 is 8.53 Å². The van der Waals surface area contributed by atoms with Crippen LogP contribution in [-0.4, -0.2) is 34.7 Å². The fourth-order valence-corrected chi connectivity index (χ4v) is 6.26. The van der Waals surface area contributed by atoms with Crippen LogP contribution >= 0.6 is 30.1 Å². The van der Waals surface area contributed by atoms with Crippen molar-refractivity contribution in [2.75, 3.05) is 13.2 Å². The summed E-state index contributed by atoms with van der Waals surface area (Å²) in [6.07, 6.45) is 10.5. The van der Waals surface area contributed by atoms with Crippen LogP contribution in [0.3, 0.4) is 0 Å². The number of nitriles is 1. The summed E-state index contributed by atoms with van der Waals surface area (Å²) in [5, 5.41) is 8.81. The van der Waals surface area contributed by atoms with Gasteiger partial charge in [0, 0.05) is 40.1 Å². The zero-order valence-corrected chi connectivity index (χ0v) is 20.7. The van der Waals surface area contributed by atoms with Crippen LogP contribution in [0.4, 0.5) is 0 Å². The van der Waals surface area contributed by atoms with Gasteiger partial charge in [0.25, 0.3) is 8.53 Å². The highest BCUT2D eigenvalue weighted by atomic mass is 33.1. The Labute approximate surface area is 181 Å². The van der Waals surface area contributed by atoms with Gasteiger partial charge in [0.2, 0.25) is 0 Å². The minimum Gasteiger partial charge on any atom is -0.321 e. The molecule has 1 aliphatic rings. The van der Waals surface area contributed by atoms with Crippen molar-refractivity contribution in [2.45, 2.75) is 78.1 Å². The van der Waals surface area contributed by atoms with Crippen molar-refractivity contribution in [1.82, 2.24) is 4.67 Å². The van der Waals surface area contributed by atoms with Gasteiger partial charge in [-0.2, -0.15) is 5.26 Å². The Bertz CT molecular complexity index is 597. The van der Waals surface area contributed by atoms with Gasteiger partial charge in [-0.15, -0.1) is 0 Å². The maximum atomic E-state index is 8.81. The molecule has 0 N–H and O–H groups in total. The van der Waals surface area contributed by atoms with E-state index in [2.05, 4.69) is 77.4 Å². The minimum atomic E-state index is -1.18. The molecule has 0 aromatic heterocycles. The molecule has 1 rings (SSSR count). The second kappa shape index (κ2) is 13.0. The van der Waals surface area contributed by atoms with E-state index in [1.807, 2.05) is 16.9 Å². The summed E-state index contributed by atoms with van der Waals surface area (Å²) < 4.78 is 14.6. The van der Waals surface area contributed by atoms with Gasteiger partial charge < -0.3 is 9.05 Å². The van der Waals surface area contributed by atoms with E-state index in [1.165, 1.54) is 10.5 Å². The third kappa shape index (κ3) is 9.90. The van der Waals surface area contributed by atoms with Crippen LogP contribution in [0.15, 0.2) is 28.7 Å². The number of hydrogen-bond donors (Lipinski definition) is 0. The molecule has 0 saturated heterocycles. The molecule has 4 nitrogen and oxygen atoms in total. The molecular weight excluding hydrogens is 407 g/mol. The van der Waals surface area contributed by atoms with Crippen molar-refractivity contribution in [3.8, 4) is 6.07 Å². The predicted molar refractivity (Wildman–Crippen MR) is 125 cm³/mol. The van der Waals surface area contributed by atoms with Crippen LogP contribution in [-0.2, 0) is 9.05 Å². The monoisotopic (exact) mass is 441 g/mol. The van der Waals surface area contributed by atoms with E-state index in [0.717, 1.165) is 6.42 Å². The van der Waals surface area contributed by atoms with Crippen molar-refractivity contribution in [1.29, 1.82) is 5.26 Å². The quantitative estimate of drug-likeness (QED) is 0.140. The predicted octanol–water partition coefficient (Wildman–Crippen LogP) is 7.03. The van der Waals surface area contributed by atoms with Gasteiger partial charge in [-0.05, 0) is 27.7 Å². The Morgan fingerprint density at radius 1 is 1.18 bits per heavy atom. The van der Waals surface area contributed by atoms with Gasteiger partial charge in [0.15, 0.2) is 0 Å². The Morgan fingerprint density at radius 3 is 2.39 bits per heavy atom. The standard InChI is InChI=1S/C21H34N2O2PS2/c1-17(2)23(18(3)4)26(24-15-10-14-22)25-16-13-19-11-8-9-12-20(19)27-28-21(5,6)7/h8,11-12,17-18H,10,13,15-16H2,1-7H3/q+1. The second-order valence-electron chi connectivity index (χ2n) is 7.94. The first kappa shape index (κ1) is 25.7. The molecule has 7 heteroatoms. The van der Waals surface area contributed by atoms with Gasteiger partial charge in [-0.3, -0.25) is 0 Å². The first-order chi connectivity index (χ1) is 13.2. The van der Waals surface area contributed by atoms with E-state index in [9.17, 15) is 0 Å². The first-order valence-electron chi connectivity index (χ1n) is 9.71. The van der Waals surface area contributed by atoms with Gasteiger partial charge in [0.05, 0.1) is 37.4 Å². The van der Waals surface area contributed by atoms with Crippen LogP contribution in [0.1, 0.15) is 61.3 Å². The van der Waals surface area contributed by atoms with Crippen molar-refractivity contribution in [3.63, 3.8) is 0 Å². The lowest BCUT2D eigenvalue weighted by Gasteiger charge is -2.35. The molecule has 0 aromatic carbocycles. The van der Waals surface area contributed by atoms with Crippen LogP contribution in [0.5, 0.6) is 0 Å². The van der Waals surface area contributed by atoms with E-state index in [4.69, 9.17) is 14.3 Å². The average molecular weight is 442 g/mol. The van der Waals surface area contributed by atoms with Gasteiger partial charge in [-0.1, -0.05) is 31.6 Å². The SMILES string of the molecule is CC(C)N(C(C)C)P(OCCC#N)OCCC1=C(SSC(C)(C)C)C=[C+]C=C1. The molecule has 1 atom stereocenters. The van der Waals surface area contributed by atoms with Crippen LogP contribution in [0.25, 0.3) is 0 Å². The summed E-state index contributed by atoms with van der Waals surface area (Å²) >= 11 is 0. The molecule has 28 heavy (non-hydrogen) atoms. The highest BCUT2D eigenvalue weighted by molar-refractivity contribution is 8.78. The van der Waals surface area contributed by atoms with Crippen molar-refractivity contribution >= 4 is 30.1 Å². The van der Waals surface area contributed by atoms with Gasteiger partial charge in [-0.25, -0.2) is 4.67 Å². The molecule has 0 amide bonds. The smallest absolute Gasteiger partial charge is 0.259 e. The molecule has 156 valence electrons. The maximum Gasteiger partial charge on any atom is 0.259 e. The topological polar surface area (TPSA) is 45.5 Å². The lowest BCUT2D eigenvalue weighted by atomic mass is 10.1. The van der Waals surface area contributed by atoms with E-state index in [-0.39, 0.29) is 4.75 Å². The van der Waals surface area contributed by atoms with Crippen molar-refractivity contribution in [2.24, 2.45) is 0 Å². The number of allylic oxidation sites excluding steroid dienone is 4. The molecule has 0 heterocycles. The van der Waals surface area contributed by atoms with E-state index in [0.29, 0.717) is 31.7 Å². The second-order valence-corrected chi connectivity index (χ2v) is 12.4. The molecule has 0 radical (unpaired) electrons. The van der Waals surface area contributed by atoms with Crippen LogP contribution < -0.4 is 0 Å². The number of nitrogens with zero attached hydrogens (tertiary/aromatic N) is 2. The van der Waals surface area contributed by atoms with Gasteiger partial charge >= 0.3 is 0 Å². The van der Waals surface area contributed by atoms with Crippen molar-refractivity contribution < 1.29 is 9.05 Å². The Kier molecular flexibility index (Phi) is 12.0. The highest BCUT2D eigenvalue weighted by Crippen LogP contribution is 2.47. The Balaban J connectivity index is 2.74. The summed E-state index contributed by atoms with van der Waals surface area (Å²) in [5.41, 5.74) is 1.27. The van der Waals surface area contributed by atoms with Crippen LogP contribution in [0, 0.1) is 17.4 Å². The minimum absolute atomic E-state index is 0.201. The molecular formula is C21H34N2O2PS2+. The van der Waals surface area contributed by atoms with Crippen molar-refractivity contribution in [3.05, 3.63) is 34.8 Å².